The molecular weight excluding hydrogens is 396 g/mol. The zero-order valence-corrected chi connectivity index (χ0v) is 18.2. The number of carboxylic acids is 1. The number of carbonyl (C=O) groups is 1. The summed E-state index contributed by atoms with van der Waals surface area (Å²) < 4.78 is 0. The molecule has 1 aliphatic carbocycles. The molecule has 0 saturated carbocycles. The van der Waals surface area contributed by atoms with E-state index in [0.29, 0.717) is 0 Å². The molecule has 4 heteroatoms. The number of hydrogen-bond acceptors (Lipinski definition) is 3. The second-order valence-electron chi connectivity index (χ2n) is 9.02. The van der Waals surface area contributed by atoms with E-state index in [0.717, 1.165) is 30.6 Å². The van der Waals surface area contributed by atoms with Crippen molar-refractivity contribution in [3.05, 3.63) is 88.5 Å². The molecule has 0 spiro atoms. The van der Waals surface area contributed by atoms with Crippen LogP contribution in [0.25, 0.3) is 17.2 Å². The van der Waals surface area contributed by atoms with Crippen LogP contribution in [0, 0.1) is 11.3 Å². The maximum absolute atomic E-state index is 11.2. The first-order valence-electron chi connectivity index (χ1n) is 10.9. The summed E-state index contributed by atoms with van der Waals surface area (Å²) in [4.78, 5) is 13.5. The molecule has 0 aromatic heterocycles. The minimum absolute atomic E-state index is 0.0419. The van der Waals surface area contributed by atoms with E-state index in [2.05, 4.69) is 61.2 Å². The molecule has 3 aromatic rings. The summed E-state index contributed by atoms with van der Waals surface area (Å²) in [5.41, 5.74) is 9.31. The highest BCUT2D eigenvalue weighted by atomic mass is 16.4. The van der Waals surface area contributed by atoms with Crippen LogP contribution >= 0.6 is 0 Å². The van der Waals surface area contributed by atoms with Gasteiger partial charge in [0.1, 0.15) is 11.6 Å². The first-order chi connectivity index (χ1) is 15.4. The summed E-state index contributed by atoms with van der Waals surface area (Å²) in [6.07, 6.45) is 3.39. The van der Waals surface area contributed by atoms with Crippen molar-refractivity contribution in [1.82, 2.24) is 0 Å². The summed E-state index contributed by atoms with van der Waals surface area (Å²) in [7, 11) is 0. The number of nitrogens with zero attached hydrogens (tertiary/aromatic N) is 2. The topological polar surface area (TPSA) is 64.3 Å². The van der Waals surface area contributed by atoms with Gasteiger partial charge < -0.3 is 10.0 Å². The summed E-state index contributed by atoms with van der Waals surface area (Å²) in [5.74, 6) is -1.20. The first-order valence-corrected chi connectivity index (χ1v) is 10.9. The summed E-state index contributed by atoms with van der Waals surface area (Å²) >= 11 is 0. The number of hydrogen-bond donors (Lipinski definition) is 1. The van der Waals surface area contributed by atoms with Gasteiger partial charge in [-0.1, -0.05) is 50.2 Å². The third-order valence-electron chi connectivity index (χ3n) is 6.76. The van der Waals surface area contributed by atoms with Gasteiger partial charge in [-0.05, 0) is 76.6 Å². The van der Waals surface area contributed by atoms with E-state index >= 15 is 0 Å². The second-order valence-corrected chi connectivity index (χ2v) is 9.02. The Morgan fingerprint density at radius 1 is 1.06 bits per heavy atom. The first kappa shape index (κ1) is 20.1. The minimum atomic E-state index is -1.20. The Morgan fingerprint density at radius 2 is 1.84 bits per heavy atom. The molecule has 1 heterocycles. The second kappa shape index (κ2) is 7.39. The molecule has 2 aliphatic rings. The molecule has 0 fully saturated rings. The van der Waals surface area contributed by atoms with Crippen LogP contribution in [0.4, 0.5) is 11.4 Å². The lowest BCUT2D eigenvalue weighted by Crippen LogP contribution is -2.25. The molecule has 0 amide bonds. The van der Waals surface area contributed by atoms with Crippen molar-refractivity contribution in [2.45, 2.75) is 32.1 Å². The van der Waals surface area contributed by atoms with E-state index in [1.54, 1.807) is 6.07 Å². The molecule has 32 heavy (non-hydrogen) atoms. The van der Waals surface area contributed by atoms with E-state index in [-0.39, 0.29) is 11.0 Å². The molecule has 3 aromatic carbocycles. The number of aryl methyl sites for hydroxylation is 1. The van der Waals surface area contributed by atoms with Gasteiger partial charge in [0.2, 0.25) is 0 Å². The smallest absolute Gasteiger partial charge is 0.346 e. The average Bonchev–Trinajstić information content (AvgIpc) is 3.03. The molecule has 0 bridgehead atoms. The predicted molar refractivity (Wildman–Crippen MR) is 127 cm³/mol. The Kier molecular flexibility index (Phi) is 4.64. The molecule has 0 saturated heterocycles. The lowest BCUT2D eigenvalue weighted by molar-refractivity contribution is -0.132. The van der Waals surface area contributed by atoms with Gasteiger partial charge in [-0.15, -0.1) is 0 Å². The number of aliphatic carboxylic acids is 1. The van der Waals surface area contributed by atoms with E-state index in [1.165, 1.54) is 39.6 Å². The highest BCUT2D eigenvalue weighted by Gasteiger charge is 2.35. The fraction of sp³-hybridized carbons (Fsp3) is 0.214. The SMILES string of the molecule is CC1(C)c2ccccc2-c2ccc(N3CCCc4cc(C=C(C#N)C(=O)O)ccc43)cc21. The van der Waals surface area contributed by atoms with Crippen LogP contribution in [0.5, 0.6) is 0 Å². The van der Waals surface area contributed by atoms with Crippen molar-refractivity contribution in [2.75, 3.05) is 11.4 Å². The highest BCUT2D eigenvalue weighted by Crippen LogP contribution is 2.50. The molecule has 0 radical (unpaired) electrons. The third kappa shape index (κ3) is 3.09. The Morgan fingerprint density at radius 3 is 2.62 bits per heavy atom. The molecule has 4 nitrogen and oxygen atoms in total. The standard InChI is InChI=1S/C28H24N2O2/c1-28(2)24-8-4-3-7-22(24)23-11-10-21(16-25(23)28)30-13-5-6-19-14-18(9-12-26(19)30)15-20(17-29)27(31)32/h3-4,7-12,14-16H,5-6,13H2,1-2H3,(H,31,32). The van der Waals surface area contributed by atoms with E-state index < -0.39 is 5.97 Å². The molecule has 0 atom stereocenters. The highest BCUT2D eigenvalue weighted by molar-refractivity contribution is 5.96. The van der Waals surface area contributed by atoms with E-state index in [4.69, 9.17) is 10.4 Å². The average molecular weight is 421 g/mol. The predicted octanol–water partition coefficient (Wildman–Crippen LogP) is 6.07. The van der Waals surface area contributed by atoms with E-state index in [1.807, 2.05) is 18.2 Å². The molecule has 158 valence electrons. The quantitative estimate of drug-likeness (QED) is 0.413. The molecule has 5 rings (SSSR count). The van der Waals surface area contributed by atoms with Crippen LogP contribution in [0.15, 0.2) is 66.2 Å². The molecular formula is C28H24N2O2. The number of anilines is 2. The van der Waals surface area contributed by atoms with Gasteiger partial charge in [-0.3, -0.25) is 0 Å². The fourth-order valence-electron chi connectivity index (χ4n) is 5.14. The molecule has 1 aliphatic heterocycles. The molecule has 0 unspecified atom stereocenters. The third-order valence-corrected chi connectivity index (χ3v) is 6.76. The van der Waals surface area contributed by atoms with Gasteiger partial charge in [-0.2, -0.15) is 5.26 Å². The van der Waals surface area contributed by atoms with Crippen molar-refractivity contribution in [1.29, 1.82) is 5.26 Å². The van der Waals surface area contributed by atoms with Gasteiger partial charge >= 0.3 is 5.97 Å². The van der Waals surface area contributed by atoms with Gasteiger partial charge in [0.05, 0.1) is 0 Å². The van der Waals surface area contributed by atoms with Crippen molar-refractivity contribution in [3.63, 3.8) is 0 Å². The monoisotopic (exact) mass is 420 g/mol. The van der Waals surface area contributed by atoms with Crippen LogP contribution in [0.2, 0.25) is 0 Å². The summed E-state index contributed by atoms with van der Waals surface area (Å²) in [6.45, 7) is 5.52. The van der Waals surface area contributed by atoms with Crippen molar-refractivity contribution >= 4 is 23.4 Å². The lowest BCUT2D eigenvalue weighted by Gasteiger charge is -2.33. The van der Waals surface area contributed by atoms with Crippen LogP contribution in [-0.4, -0.2) is 17.6 Å². The zero-order valence-electron chi connectivity index (χ0n) is 18.2. The van der Waals surface area contributed by atoms with Crippen LogP contribution in [0.3, 0.4) is 0 Å². The number of benzene rings is 3. The minimum Gasteiger partial charge on any atom is -0.477 e. The number of nitriles is 1. The number of rotatable bonds is 3. The Labute approximate surface area is 188 Å². The van der Waals surface area contributed by atoms with Crippen molar-refractivity contribution < 1.29 is 9.90 Å². The van der Waals surface area contributed by atoms with Gasteiger partial charge in [0.15, 0.2) is 0 Å². The Bertz CT molecular complexity index is 1330. The van der Waals surface area contributed by atoms with Crippen LogP contribution in [0.1, 0.15) is 42.5 Å². The summed E-state index contributed by atoms with van der Waals surface area (Å²) in [6, 6.07) is 23.1. The normalized spacial score (nSPS) is 16.0. The van der Waals surface area contributed by atoms with Crippen LogP contribution < -0.4 is 4.90 Å². The maximum Gasteiger partial charge on any atom is 0.346 e. The van der Waals surface area contributed by atoms with Crippen LogP contribution in [-0.2, 0) is 16.6 Å². The molecule has 1 N–H and O–H groups in total. The fourth-order valence-corrected chi connectivity index (χ4v) is 5.14. The van der Waals surface area contributed by atoms with Gasteiger partial charge in [0, 0.05) is 23.3 Å². The lowest BCUT2D eigenvalue weighted by atomic mass is 9.82. The Hall–Kier alpha value is -3.84. The Balaban J connectivity index is 1.55. The van der Waals surface area contributed by atoms with Crippen molar-refractivity contribution in [2.24, 2.45) is 0 Å². The van der Waals surface area contributed by atoms with E-state index in [9.17, 15) is 4.79 Å². The van der Waals surface area contributed by atoms with Gasteiger partial charge in [0.25, 0.3) is 0 Å². The maximum atomic E-state index is 11.2. The zero-order chi connectivity index (χ0) is 22.5. The number of fused-ring (bicyclic) bond motifs is 4. The largest absolute Gasteiger partial charge is 0.477 e. The summed E-state index contributed by atoms with van der Waals surface area (Å²) in [5, 5.41) is 18.2. The number of carboxylic acid groups (broad SMARTS) is 1. The van der Waals surface area contributed by atoms with Crippen molar-refractivity contribution in [3.8, 4) is 17.2 Å². The van der Waals surface area contributed by atoms with Gasteiger partial charge in [-0.25, -0.2) is 4.79 Å².